The van der Waals surface area contributed by atoms with Gasteiger partial charge in [0, 0.05) is 38.4 Å². The van der Waals surface area contributed by atoms with Crippen molar-refractivity contribution in [2.24, 2.45) is 0 Å². The molecule has 2 fully saturated rings. The maximum Gasteiger partial charge on any atom is 0.189 e. The van der Waals surface area contributed by atoms with Gasteiger partial charge >= 0.3 is 0 Å². The van der Waals surface area contributed by atoms with Gasteiger partial charge in [0.25, 0.3) is 0 Å². The zero-order chi connectivity index (χ0) is 13.9. The number of thioether (sulfide) groups is 1. The molecule has 1 aliphatic heterocycles. The van der Waals surface area contributed by atoms with Crippen LogP contribution in [0.5, 0.6) is 0 Å². The molecular formula is C14H21BrN4S. The second kappa shape index (κ2) is 6.62. The predicted octanol–water partition coefficient (Wildman–Crippen LogP) is 3.03. The van der Waals surface area contributed by atoms with E-state index in [1.54, 1.807) is 11.8 Å². The van der Waals surface area contributed by atoms with Crippen LogP contribution in [-0.4, -0.2) is 53.3 Å². The van der Waals surface area contributed by atoms with Gasteiger partial charge in [0.15, 0.2) is 5.16 Å². The Balaban J connectivity index is 1.65. The van der Waals surface area contributed by atoms with Crippen molar-refractivity contribution in [3.63, 3.8) is 0 Å². The maximum atomic E-state index is 4.65. The number of aromatic nitrogens is 2. The molecule has 1 aliphatic carbocycles. The molecule has 0 amide bonds. The standard InChI is InChI=1S/C14H21BrN4S/c1-20-14-16-10-12(15)13(17-14)19-8-6-18(7-9-19)11-4-2-3-5-11/h10-11H,2-9H2,1H3. The van der Waals surface area contributed by atoms with Crippen LogP contribution in [0.3, 0.4) is 0 Å². The van der Waals surface area contributed by atoms with Gasteiger partial charge in [-0.1, -0.05) is 24.6 Å². The lowest BCUT2D eigenvalue weighted by molar-refractivity contribution is 0.187. The molecule has 1 aromatic heterocycles. The number of nitrogens with zero attached hydrogens (tertiary/aromatic N) is 4. The second-order valence-electron chi connectivity index (χ2n) is 5.49. The van der Waals surface area contributed by atoms with Crippen molar-refractivity contribution in [3.8, 4) is 0 Å². The Morgan fingerprint density at radius 1 is 1.20 bits per heavy atom. The van der Waals surface area contributed by atoms with Crippen molar-refractivity contribution in [3.05, 3.63) is 10.7 Å². The van der Waals surface area contributed by atoms with E-state index in [0.717, 1.165) is 47.7 Å². The largest absolute Gasteiger partial charge is 0.353 e. The Bertz CT molecular complexity index is 456. The first-order valence-electron chi connectivity index (χ1n) is 7.33. The van der Waals surface area contributed by atoms with Crippen molar-refractivity contribution in [1.82, 2.24) is 14.9 Å². The fourth-order valence-corrected chi connectivity index (χ4v) is 4.01. The highest BCUT2D eigenvalue weighted by Crippen LogP contribution is 2.28. The van der Waals surface area contributed by atoms with Crippen LogP contribution in [0.4, 0.5) is 5.82 Å². The number of rotatable bonds is 3. The van der Waals surface area contributed by atoms with Gasteiger partial charge in [0.1, 0.15) is 5.82 Å². The maximum absolute atomic E-state index is 4.65. The van der Waals surface area contributed by atoms with Crippen LogP contribution in [0, 0.1) is 0 Å². The van der Waals surface area contributed by atoms with Crippen LogP contribution < -0.4 is 4.90 Å². The van der Waals surface area contributed by atoms with Gasteiger partial charge in [-0.05, 0) is 35.0 Å². The summed E-state index contributed by atoms with van der Waals surface area (Å²) < 4.78 is 1.00. The van der Waals surface area contributed by atoms with E-state index >= 15 is 0 Å². The lowest BCUT2D eigenvalue weighted by Crippen LogP contribution is -2.50. The molecule has 2 aliphatic rings. The minimum absolute atomic E-state index is 0.841. The smallest absolute Gasteiger partial charge is 0.189 e. The normalized spacial score (nSPS) is 21.6. The van der Waals surface area contributed by atoms with E-state index in [4.69, 9.17) is 0 Å². The summed E-state index contributed by atoms with van der Waals surface area (Å²) in [5.74, 6) is 1.05. The van der Waals surface area contributed by atoms with Gasteiger partial charge in [-0.25, -0.2) is 9.97 Å². The predicted molar refractivity (Wildman–Crippen MR) is 87.6 cm³/mol. The monoisotopic (exact) mass is 356 g/mol. The first-order chi connectivity index (χ1) is 9.78. The van der Waals surface area contributed by atoms with E-state index in [0.29, 0.717) is 0 Å². The molecule has 0 spiro atoms. The molecule has 0 atom stereocenters. The summed E-state index contributed by atoms with van der Waals surface area (Å²) in [6.07, 6.45) is 9.52. The number of halogens is 1. The minimum atomic E-state index is 0.841. The van der Waals surface area contributed by atoms with E-state index < -0.39 is 0 Å². The van der Waals surface area contributed by atoms with E-state index in [1.165, 1.54) is 25.7 Å². The molecule has 0 aromatic carbocycles. The molecule has 0 N–H and O–H groups in total. The topological polar surface area (TPSA) is 32.3 Å². The lowest BCUT2D eigenvalue weighted by atomic mass is 10.2. The number of hydrogen-bond acceptors (Lipinski definition) is 5. The third-order valence-corrected chi connectivity index (χ3v) is 5.46. The molecule has 0 unspecified atom stereocenters. The zero-order valence-corrected chi connectivity index (χ0v) is 14.3. The van der Waals surface area contributed by atoms with Crippen LogP contribution in [-0.2, 0) is 0 Å². The molecule has 2 heterocycles. The van der Waals surface area contributed by atoms with E-state index in [9.17, 15) is 0 Å². The fraction of sp³-hybridized carbons (Fsp3) is 0.714. The third kappa shape index (κ3) is 3.12. The summed E-state index contributed by atoms with van der Waals surface area (Å²) in [6, 6.07) is 0.841. The summed E-state index contributed by atoms with van der Waals surface area (Å²) in [5.41, 5.74) is 0. The van der Waals surface area contributed by atoms with Crippen molar-refractivity contribution >= 4 is 33.5 Å². The number of anilines is 1. The Labute approximate surface area is 133 Å². The number of hydrogen-bond donors (Lipinski definition) is 0. The Hall–Kier alpha value is -0.330. The fourth-order valence-electron chi connectivity index (χ4n) is 3.23. The lowest BCUT2D eigenvalue weighted by Gasteiger charge is -2.38. The van der Waals surface area contributed by atoms with Gasteiger partial charge in [0.05, 0.1) is 4.47 Å². The third-order valence-electron chi connectivity index (χ3n) is 4.34. The average Bonchev–Trinajstić information content (AvgIpc) is 3.02. The van der Waals surface area contributed by atoms with E-state index in [1.807, 2.05) is 12.5 Å². The summed E-state index contributed by atoms with van der Waals surface area (Å²) in [4.78, 5) is 14.0. The van der Waals surface area contributed by atoms with Crippen LogP contribution >= 0.6 is 27.7 Å². The molecule has 1 saturated heterocycles. The average molecular weight is 357 g/mol. The summed E-state index contributed by atoms with van der Waals surface area (Å²) in [6.45, 7) is 4.46. The first-order valence-corrected chi connectivity index (χ1v) is 9.35. The van der Waals surface area contributed by atoms with E-state index in [2.05, 4.69) is 35.7 Å². The molecule has 1 saturated carbocycles. The van der Waals surface area contributed by atoms with Gasteiger partial charge in [-0.3, -0.25) is 4.90 Å². The van der Waals surface area contributed by atoms with Crippen molar-refractivity contribution < 1.29 is 0 Å². The zero-order valence-electron chi connectivity index (χ0n) is 11.9. The summed E-state index contributed by atoms with van der Waals surface area (Å²) >= 11 is 5.18. The molecule has 6 heteroatoms. The molecule has 4 nitrogen and oxygen atoms in total. The SMILES string of the molecule is CSc1ncc(Br)c(N2CCN(C3CCCC3)CC2)n1. The Morgan fingerprint density at radius 3 is 2.55 bits per heavy atom. The van der Waals surface area contributed by atoms with Gasteiger partial charge < -0.3 is 4.90 Å². The number of piperazine rings is 1. The molecule has 0 bridgehead atoms. The van der Waals surface area contributed by atoms with Gasteiger partial charge in [-0.2, -0.15) is 0 Å². The van der Waals surface area contributed by atoms with Gasteiger partial charge in [0.2, 0.25) is 0 Å². The quantitative estimate of drug-likeness (QED) is 0.613. The Kier molecular flexibility index (Phi) is 4.83. The molecule has 1 aromatic rings. The summed E-state index contributed by atoms with van der Waals surface area (Å²) in [7, 11) is 0. The van der Waals surface area contributed by atoms with Crippen LogP contribution in [0.1, 0.15) is 25.7 Å². The van der Waals surface area contributed by atoms with Crippen LogP contribution in [0.25, 0.3) is 0 Å². The highest BCUT2D eigenvalue weighted by Gasteiger charge is 2.27. The summed E-state index contributed by atoms with van der Waals surface area (Å²) in [5, 5.41) is 0.849. The van der Waals surface area contributed by atoms with Crippen molar-refractivity contribution in [2.45, 2.75) is 36.9 Å². The highest BCUT2D eigenvalue weighted by molar-refractivity contribution is 9.10. The molecular weight excluding hydrogens is 336 g/mol. The minimum Gasteiger partial charge on any atom is -0.353 e. The molecule has 3 rings (SSSR count). The highest BCUT2D eigenvalue weighted by atomic mass is 79.9. The van der Waals surface area contributed by atoms with Crippen LogP contribution in [0.15, 0.2) is 15.8 Å². The van der Waals surface area contributed by atoms with E-state index in [-0.39, 0.29) is 0 Å². The first kappa shape index (κ1) is 14.6. The Morgan fingerprint density at radius 2 is 1.90 bits per heavy atom. The van der Waals surface area contributed by atoms with Crippen molar-refractivity contribution in [1.29, 1.82) is 0 Å². The molecule has 20 heavy (non-hydrogen) atoms. The van der Waals surface area contributed by atoms with Gasteiger partial charge in [-0.15, -0.1) is 0 Å². The molecule has 0 radical (unpaired) electrons. The second-order valence-corrected chi connectivity index (χ2v) is 7.12. The van der Waals surface area contributed by atoms with Crippen molar-refractivity contribution in [2.75, 3.05) is 37.3 Å². The van der Waals surface area contributed by atoms with Crippen LogP contribution in [0.2, 0.25) is 0 Å². The molecule has 110 valence electrons.